The highest BCUT2D eigenvalue weighted by atomic mass is 16.3. The normalized spacial score (nSPS) is 22.0. The van der Waals surface area contributed by atoms with Crippen molar-refractivity contribution in [2.45, 2.75) is 31.6 Å². The molecule has 2 heterocycles. The number of nitrogens with one attached hydrogen (secondary N) is 1. The van der Waals surface area contributed by atoms with Crippen LogP contribution in [0.2, 0.25) is 0 Å². The molecule has 2 amide bonds. The van der Waals surface area contributed by atoms with Gasteiger partial charge in [-0.2, -0.15) is 0 Å². The number of aryl methyl sites for hydroxylation is 1. The Balaban J connectivity index is 2.29. The molecule has 23 heavy (non-hydrogen) atoms. The topological polar surface area (TPSA) is 101 Å². The largest absolute Gasteiger partial charge is 0.506 e. The van der Waals surface area contributed by atoms with Crippen LogP contribution in [0, 0.1) is 6.92 Å². The van der Waals surface area contributed by atoms with E-state index in [-0.39, 0.29) is 29.0 Å². The Morgan fingerprint density at radius 2 is 2.09 bits per heavy atom. The third kappa shape index (κ3) is 2.30. The molecule has 1 atom stereocenters. The first-order valence-electron chi connectivity index (χ1n) is 7.41. The van der Waals surface area contributed by atoms with E-state index in [9.17, 15) is 19.5 Å². The van der Waals surface area contributed by atoms with E-state index in [4.69, 9.17) is 0 Å². The average Bonchev–Trinajstić information content (AvgIpc) is 2.60. The average molecular weight is 313 g/mol. The second-order valence-corrected chi connectivity index (χ2v) is 5.98. The van der Waals surface area contributed by atoms with Gasteiger partial charge in [-0.25, -0.2) is 4.98 Å². The second kappa shape index (κ2) is 5.22. The lowest BCUT2D eigenvalue weighted by molar-refractivity contribution is -0.132. The molecule has 3 rings (SSSR count). The zero-order valence-corrected chi connectivity index (χ0v) is 12.9. The molecule has 0 unspecified atom stereocenters. The summed E-state index contributed by atoms with van der Waals surface area (Å²) in [6.07, 6.45) is 1.10. The quantitative estimate of drug-likeness (QED) is 0.547. The summed E-state index contributed by atoms with van der Waals surface area (Å²) >= 11 is 0. The molecule has 2 aromatic rings. The van der Waals surface area contributed by atoms with Gasteiger partial charge in [0.05, 0.1) is 10.8 Å². The smallest absolute Gasteiger partial charge is 0.261 e. The van der Waals surface area contributed by atoms with Crippen LogP contribution in [-0.2, 0) is 15.0 Å². The van der Waals surface area contributed by atoms with E-state index in [1.807, 2.05) is 0 Å². The summed E-state index contributed by atoms with van der Waals surface area (Å²) in [7, 11) is 1.63. The highest BCUT2D eigenvalue weighted by Gasteiger charge is 2.40. The molecule has 118 valence electrons. The number of amides is 2. The Morgan fingerprint density at radius 1 is 1.35 bits per heavy atom. The first-order chi connectivity index (χ1) is 10.8. The summed E-state index contributed by atoms with van der Waals surface area (Å²) in [5.74, 6) is -0.612. The number of nitrogens with zero attached hydrogens (tertiary/aromatic N) is 2. The molecule has 1 saturated heterocycles. The lowest BCUT2D eigenvalue weighted by Gasteiger charge is -2.30. The maximum Gasteiger partial charge on any atom is 0.261 e. The molecule has 1 aliphatic heterocycles. The van der Waals surface area contributed by atoms with Gasteiger partial charge in [-0.3, -0.25) is 24.3 Å². The minimum atomic E-state index is -1.19. The number of phenols is 1. The van der Waals surface area contributed by atoms with E-state index in [0.29, 0.717) is 18.7 Å². The van der Waals surface area contributed by atoms with E-state index >= 15 is 0 Å². The van der Waals surface area contributed by atoms with Gasteiger partial charge in [0.15, 0.2) is 0 Å². The second-order valence-electron chi connectivity index (χ2n) is 5.98. The van der Waals surface area contributed by atoms with Crippen molar-refractivity contribution in [3.05, 3.63) is 34.4 Å². The van der Waals surface area contributed by atoms with Gasteiger partial charge in [0, 0.05) is 6.42 Å². The molecule has 1 fully saturated rings. The maximum absolute atomic E-state index is 12.9. The number of para-hydroxylation sites is 1. The van der Waals surface area contributed by atoms with Gasteiger partial charge < -0.3 is 5.11 Å². The third-order valence-corrected chi connectivity index (χ3v) is 4.35. The maximum atomic E-state index is 12.9. The first-order valence-corrected chi connectivity index (χ1v) is 7.41. The molecular weight excluding hydrogens is 297 g/mol. The van der Waals surface area contributed by atoms with Gasteiger partial charge in [-0.15, -0.1) is 0 Å². The highest BCUT2D eigenvalue weighted by molar-refractivity contribution is 6.28. The molecule has 0 saturated carbocycles. The van der Waals surface area contributed by atoms with Crippen LogP contribution in [0.5, 0.6) is 5.75 Å². The van der Waals surface area contributed by atoms with Crippen LogP contribution in [-0.4, -0.2) is 34.3 Å². The minimum absolute atomic E-state index is 0.0829. The molecule has 1 aromatic heterocycles. The van der Waals surface area contributed by atoms with Crippen molar-refractivity contribution in [1.29, 1.82) is 0 Å². The fourth-order valence-corrected chi connectivity index (χ4v) is 3.13. The SMILES string of the molecule is B[C@@]1(n2c(C)nc3c(O)cccc3c2=O)CCCC(=O)NC1=O. The zero-order valence-electron chi connectivity index (χ0n) is 12.9. The van der Waals surface area contributed by atoms with E-state index in [1.54, 1.807) is 26.9 Å². The van der Waals surface area contributed by atoms with Gasteiger partial charge >= 0.3 is 0 Å². The number of benzene rings is 1. The Kier molecular flexibility index (Phi) is 3.47. The van der Waals surface area contributed by atoms with Crippen LogP contribution < -0.4 is 10.9 Å². The summed E-state index contributed by atoms with van der Waals surface area (Å²) in [6.45, 7) is 1.61. The van der Waals surface area contributed by atoms with Crippen molar-refractivity contribution >= 4 is 30.6 Å². The van der Waals surface area contributed by atoms with Crippen LogP contribution in [0.3, 0.4) is 0 Å². The van der Waals surface area contributed by atoms with Crippen LogP contribution in [0.4, 0.5) is 0 Å². The van der Waals surface area contributed by atoms with Crippen molar-refractivity contribution in [2.24, 2.45) is 0 Å². The number of carbonyl (C=O) groups excluding carboxylic acids is 2. The van der Waals surface area contributed by atoms with Crippen LogP contribution >= 0.6 is 0 Å². The molecule has 0 aliphatic carbocycles. The van der Waals surface area contributed by atoms with Crippen molar-refractivity contribution in [2.75, 3.05) is 0 Å². The first kappa shape index (κ1) is 15.3. The van der Waals surface area contributed by atoms with E-state index < -0.39 is 16.9 Å². The Labute approximate surface area is 132 Å². The molecule has 0 bridgehead atoms. The van der Waals surface area contributed by atoms with Gasteiger partial charge in [-0.1, -0.05) is 6.07 Å². The standard InChI is InChI=1S/C15H16BN3O4/c1-8-17-12-9(4-2-5-10(12)20)13(22)19(8)15(16)7-3-6-11(21)18-14(15)23/h2,4-5,20H,3,6-7,16H2,1H3,(H,18,21,23)/t15-/m1/s1. The highest BCUT2D eigenvalue weighted by Crippen LogP contribution is 2.26. The van der Waals surface area contributed by atoms with E-state index in [0.717, 1.165) is 0 Å². The van der Waals surface area contributed by atoms with Gasteiger partial charge in [0.2, 0.25) is 11.8 Å². The monoisotopic (exact) mass is 313 g/mol. The predicted molar refractivity (Wildman–Crippen MR) is 85.9 cm³/mol. The lowest BCUT2D eigenvalue weighted by Crippen LogP contribution is -2.54. The zero-order chi connectivity index (χ0) is 16.8. The lowest BCUT2D eigenvalue weighted by atomic mass is 9.73. The third-order valence-electron chi connectivity index (χ3n) is 4.35. The number of fused-ring (bicyclic) bond motifs is 1. The number of aromatic nitrogens is 2. The van der Waals surface area contributed by atoms with Crippen molar-refractivity contribution in [3.8, 4) is 5.75 Å². The molecule has 8 heteroatoms. The van der Waals surface area contributed by atoms with Crippen molar-refractivity contribution < 1.29 is 14.7 Å². The fraction of sp³-hybridized carbons (Fsp3) is 0.333. The molecule has 1 aromatic carbocycles. The van der Waals surface area contributed by atoms with Crippen molar-refractivity contribution in [3.63, 3.8) is 0 Å². The summed E-state index contributed by atoms with van der Waals surface area (Å²) in [5, 5.41) is 12.4. The Hall–Kier alpha value is -2.64. The van der Waals surface area contributed by atoms with Crippen molar-refractivity contribution in [1.82, 2.24) is 14.9 Å². The van der Waals surface area contributed by atoms with Crippen LogP contribution in [0.1, 0.15) is 25.1 Å². The summed E-state index contributed by atoms with van der Waals surface area (Å²) in [5.41, 5.74) is -1.39. The number of aromatic hydroxyl groups is 1. The number of phenolic OH excluding ortho intramolecular Hbond substituents is 1. The van der Waals surface area contributed by atoms with E-state index in [2.05, 4.69) is 10.3 Å². The summed E-state index contributed by atoms with van der Waals surface area (Å²) in [6, 6.07) is 4.57. The van der Waals surface area contributed by atoms with Gasteiger partial charge in [0.25, 0.3) is 5.56 Å². The minimum Gasteiger partial charge on any atom is -0.506 e. The molecule has 0 radical (unpaired) electrons. The summed E-state index contributed by atoms with van der Waals surface area (Å²) < 4.78 is 1.32. The number of hydrogen-bond acceptors (Lipinski definition) is 5. The Bertz CT molecular complexity index is 892. The molecular formula is C15H16BN3O4. The Morgan fingerprint density at radius 3 is 2.83 bits per heavy atom. The molecule has 0 spiro atoms. The van der Waals surface area contributed by atoms with Gasteiger partial charge in [0.1, 0.15) is 24.9 Å². The van der Waals surface area contributed by atoms with E-state index in [1.165, 1.54) is 10.6 Å². The van der Waals surface area contributed by atoms with Crippen LogP contribution in [0.25, 0.3) is 10.9 Å². The van der Waals surface area contributed by atoms with Crippen LogP contribution in [0.15, 0.2) is 23.0 Å². The summed E-state index contributed by atoms with van der Waals surface area (Å²) in [4.78, 5) is 41.2. The molecule has 1 aliphatic rings. The fourth-order valence-electron chi connectivity index (χ4n) is 3.13. The number of rotatable bonds is 1. The van der Waals surface area contributed by atoms with Gasteiger partial charge in [-0.05, 0) is 31.9 Å². The number of carbonyl (C=O) groups is 2. The molecule has 2 N–H and O–H groups in total. The number of imide groups is 1. The number of hydrogen-bond donors (Lipinski definition) is 2. The molecule has 7 nitrogen and oxygen atoms in total. The predicted octanol–water partition coefficient (Wildman–Crippen LogP) is -0.477.